The highest BCUT2D eigenvalue weighted by Gasteiger charge is 2.10. The average Bonchev–Trinajstić information content (AvgIpc) is 2.99. The van der Waals surface area contributed by atoms with E-state index in [1.807, 2.05) is 23.6 Å². The van der Waals surface area contributed by atoms with E-state index in [2.05, 4.69) is 25.5 Å². The number of hydrogen-bond donors (Lipinski definition) is 2. The number of nitrogens with one attached hydrogen (secondary N) is 2. The summed E-state index contributed by atoms with van der Waals surface area (Å²) in [6.45, 7) is 0. The minimum absolute atomic E-state index is 0.490. The molecule has 0 aromatic carbocycles. The summed E-state index contributed by atoms with van der Waals surface area (Å²) in [6, 6.07) is 5.66. The molecule has 0 aliphatic carbocycles. The number of H-pyrrole nitrogens is 1. The lowest BCUT2D eigenvalue weighted by atomic mass is 10.3. The number of nitrogens with zero attached hydrogens (tertiary/aromatic N) is 3. The van der Waals surface area contributed by atoms with Gasteiger partial charge in [0.1, 0.15) is 11.0 Å². The maximum Gasteiger partial charge on any atom is 0.188 e. The zero-order valence-electron chi connectivity index (χ0n) is 9.09. The van der Waals surface area contributed by atoms with Gasteiger partial charge in [0.15, 0.2) is 5.13 Å². The van der Waals surface area contributed by atoms with Crippen LogP contribution in [0.3, 0.4) is 0 Å². The molecule has 3 rings (SSSR count). The molecule has 5 nitrogen and oxygen atoms in total. The van der Waals surface area contributed by atoms with Crippen LogP contribution in [0.4, 0.5) is 10.9 Å². The van der Waals surface area contributed by atoms with Crippen LogP contribution in [0, 0.1) is 0 Å². The Balaban J connectivity index is 1.84. The first kappa shape index (κ1) is 11.2. The van der Waals surface area contributed by atoms with Crippen molar-refractivity contribution < 1.29 is 0 Å². The van der Waals surface area contributed by atoms with Gasteiger partial charge in [0.25, 0.3) is 0 Å². The summed E-state index contributed by atoms with van der Waals surface area (Å²) in [5, 5.41) is 12.8. The van der Waals surface area contributed by atoms with Crippen LogP contribution < -0.4 is 5.32 Å². The molecule has 0 radical (unpaired) electrons. The minimum atomic E-state index is 0.490. The molecule has 90 valence electrons. The SMILES string of the molecule is Clc1[nH]ncc1-c1csc(Nc2ccccn2)n1. The van der Waals surface area contributed by atoms with Gasteiger partial charge < -0.3 is 5.32 Å². The van der Waals surface area contributed by atoms with Crippen molar-refractivity contribution in [2.24, 2.45) is 0 Å². The highest BCUT2D eigenvalue weighted by Crippen LogP contribution is 2.29. The van der Waals surface area contributed by atoms with Crippen LogP contribution in [-0.4, -0.2) is 20.2 Å². The lowest BCUT2D eigenvalue weighted by Gasteiger charge is -1.99. The third kappa shape index (κ3) is 2.20. The summed E-state index contributed by atoms with van der Waals surface area (Å²) in [4.78, 5) is 8.61. The molecule has 0 unspecified atom stereocenters. The quantitative estimate of drug-likeness (QED) is 0.771. The lowest BCUT2D eigenvalue weighted by molar-refractivity contribution is 1.09. The first-order valence-corrected chi connectivity index (χ1v) is 6.41. The van der Waals surface area contributed by atoms with Crippen LogP contribution >= 0.6 is 22.9 Å². The van der Waals surface area contributed by atoms with E-state index in [0.29, 0.717) is 5.15 Å². The van der Waals surface area contributed by atoms with E-state index >= 15 is 0 Å². The van der Waals surface area contributed by atoms with Crippen LogP contribution in [0.1, 0.15) is 0 Å². The molecule has 0 spiro atoms. The first-order chi connectivity index (χ1) is 8.83. The summed E-state index contributed by atoms with van der Waals surface area (Å²) in [7, 11) is 0. The van der Waals surface area contributed by atoms with Crippen LogP contribution in [0.2, 0.25) is 5.15 Å². The molecule has 7 heteroatoms. The van der Waals surface area contributed by atoms with Crippen LogP contribution in [0.5, 0.6) is 0 Å². The highest BCUT2D eigenvalue weighted by molar-refractivity contribution is 7.14. The second-order valence-corrected chi connectivity index (χ2v) is 4.71. The van der Waals surface area contributed by atoms with Gasteiger partial charge in [-0.2, -0.15) is 5.10 Å². The van der Waals surface area contributed by atoms with Crippen LogP contribution in [0.15, 0.2) is 36.0 Å². The zero-order chi connectivity index (χ0) is 12.4. The maximum absolute atomic E-state index is 5.96. The predicted octanol–water partition coefficient (Wildman–Crippen LogP) is 3.33. The van der Waals surface area contributed by atoms with Gasteiger partial charge in [0.2, 0.25) is 0 Å². The molecule has 0 atom stereocenters. The Kier molecular flexibility index (Phi) is 2.95. The van der Waals surface area contributed by atoms with E-state index in [4.69, 9.17) is 11.6 Å². The Hall–Kier alpha value is -1.92. The van der Waals surface area contributed by atoms with Gasteiger partial charge in [0, 0.05) is 11.6 Å². The molecular weight excluding hydrogens is 270 g/mol. The van der Waals surface area contributed by atoms with Crippen molar-refractivity contribution in [3.8, 4) is 11.3 Å². The first-order valence-electron chi connectivity index (χ1n) is 5.16. The van der Waals surface area contributed by atoms with E-state index in [1.54, 1.807) is 12.4 Å². The molecule has 3 aromatic heterocycles. The van der Waals surface area contributed by atoms with Crippen molar-refractivity contribution in [2.45, 2.75) is 0 Å². The molecule has 0 aliphatic rings. The summed E-state index contributed by atoms with van der Waals surface area (Å²) >= 11 is 7.45. The Morgan fingerprint density at radius 2 is 2.28 bits per heavy atom. The van der Waals surface area contributed by atoms with Crippen molar-refractivity contribution in [2.75, 3.05) is 5.32 Å². The van der Waals surface area contributed by atoms with E-state index in [9.17, 15) is 0 Å². The molecule has 0 bridgehead atoms. The lowest BCUT2D eigenvalue weighted by Crippen LogP contribution is -1.91. The summed E-state index contributed by atoms with van der Waals surface area (Å²) in [5.74, 6) is 0.761. The second-order valence-electron chi connectivity index (χ2n) is 3.48. The molecule has 18 heavy (non-hydrogen) atoms. The third-order valence-electron chi connectivity index (χ3n) is 2.27. The second kappa shape index (κ2) is 4.75. The van der Waals surface area contributed by atoms with Gasteiger partial charge in [-0.1, -0.05) is 17.7 Å². The molecule has 3 aromatic rings. The number of pyridine rings is 1. The van der Waals surface area contributed by atoms with Crippen LogP contribution in [0.25, 0.3) is 11.3 Å². The van der Waals surface area contributed by atoms with Crippen molar-refractivity contribution in [1.82, 2.24) is 20.2 Å². The van der Waals surface area contributed by atoms with E-state index in [0.717, 1.165) is 22.2 Å². The predicted molar refractivity (Wildman–Crippen MR) is 72.2 cm³/mol. The summed E-state index contributed by atoms with van der Waals surface area (Å²) < 4.78 is 0. The number of anilines is 2. The largest absolute Gasteiger partial charge is 0.316 e. The van der Waals surface area contributed by atoms with Gasteiger partial charge >= 0.3 is 0 Å². The molecule has 0 saturated heterocycles. The number of halogens is 1. The standard InChI is InChI=1S/C11H8ClN5S/c12-10-7(5-14-17-10)8-6-18-11(15-8)16-9-3-1-2-4-13-9/h1-6H,(H,14,17)(H,13,15,16). The average molecular weight is 278 g/mol. The number of rotatable bonds is 3. The Morgan fingerprint density at radius 3 is 3.00 bits per heavy atom. The maximum atomic E-state index is 5.96. The Morgan fingerprint density at radius 1 is 1.33 bits per heavy atom. The fourth-order valence-electron chi connectivity index (χ4n) is 1.45. The van der Waals surface area contributed by atoms with Gasteiger partial charge in [-0.15, -0.1) is 11.3 Å². The molecule has 0 saturated carbocycles. The fourth-order valence-corrected chi connectivity index (χ4v) is 2.36. The van der Waals surface area contributed by atoms with E-state index in [-0.39, 0.29) is 0 Å². The van der Waals surface area contributed by atoms with E-state index in [1.165, 1.54) is 11.3 Å². The minimum Gasteiger partial charge on any atom is -0.316 e. The van der Waals surface area contributed by atoms with Crippen molar-refractivity contribution in [3.05, 3.63) is 41.1 Å². The number of thiazole rings is 1. The molecule has 2 N–H and O–H groups in total. The van der Waals surface area contributed by atoms with E-state index < -0.39 is 0 Å². The van der Waals surface area contributed by atoms with Gasteiger partial charge in [-0.3, -0.25) is 5.10 Å². The summed E-state index contributed by atoms with van der Waals surface area (Å²) in [6.07, 6.45) is 3.38. The Labute approximate surface area is 112 Å². The molecular formula is C11H8ClN5S. The van der Waals surface area contributed by atoms with Crippen molar-refractivity contribution >= 4 is 33.9 Å². The van der Waals surface area contributed by atoms with Crippen molar-refractivity contribution in [1.29, 1.82) is 0 Å². The van der Waals surface area contributed by atoms with Gasteiger partial charge in [-0.05, 0) is 12.1 Å². The van der Waals surface area contributed by atoms with Gasteiger partial charge in [0.05, 0.1) is 17.5 Å². The zero-order valence-corrected chi connectivity index (χ0v) is 10.7. The van der Waals surface area contributed by atoms with Crippen molar-refractivity contribution in [3.63, 3.8) is 0 Å². The highest BCUT2D eigenvalue weighted by atomic mass is 35.5. The monoisotopic (exact) mass is 277 g/mol. The topological polar surface area (TPSA) is 66.5 Å². The smallest absolute Gasteiger partial charge is 0.188 e. The number of aromatic amines is 1. The number of aromatic nitrogens is 4. The van der Waals surface area contributed by atoms with Gasteiger partial charge in [-0.25, -0.2) is 9.97 Å². The third-order valence-corrected chi connectivity index (χ3v) is 3.32. The Bertz CT molecular complexity index is 648. The molecule has 0 fully saturated rings. The molecule has 3 heterocycles. The normalized spacial score (nSPS) is 10.5. The molecule has 0 amide bonds. The molecule has 0 aliphatic heterocycles. The summed E-state index contributed by atoms with van der Waals surface area (Å²) in [5.41, 5.74) is 1.58. The number of hydrogen-bond acceptors (Lipinski definition) is 5. The van der Waals surface area contributed by atoms with Crippen LogP contribution in [-0.2, 0) is 0 Å². The fraction of sp³-hybridized carbons (Fsp3) is 0.